The number of nitrogens with zero attached hydrogens (tertiary/aromatic N) is 3. The number of fused-ring (bicyclic) bond motifs is 2. The first kappa shape index (κ1) is 28.7. The van der Waals surface area contributed by atoms with Crippen molar-refractivity contribution in [1.29, 1.82) is 0 Å². The van der Waals surface area contributed by atoms with E-state index in [0.29, 0.717) is 40.2 Å². The highest BCUT2D eigenvalue weighted by molar-refractivity contribution is 6.01. The van der Waals surface area contributed by atoms with Crippen molar-refractivity contribution in [3.63, 3.8) is 0 Å². The maximum atomic E-state index is 13.1. The standard InChI is InChI=1S/C32H33F3N4O5/c1-16-7-10-18(36-19-11-12-20-24(14-19)39(2)37-28(20)31(40)41)13-22-26(16)30(22)42-15-23-27(38-44-29(23)17-8-9-17)21-5-3-4-6-25(21)43-32(33,34)35/h3-6,11-12,14,16-18,22,26,30,36H,7-10,13,15H2,1-2H3,(H,40,41)/t16?,18?,22?,26?,30-/m0/s1. The molecular formula is C32H33F3N4O5. The molecule has 44 heavy (non-hydrogen) atoms. The van der Waals surface area contributed by atoms with Crippen molar-refractivity contribution in [3.8, 4) is 17.0 Å². The number of alkyl halides is 3. The second-order valence-corrected chi connectivity index (χ2v) is 12.3. The molecule has 2 aromatic carbocycles. The highest BCUT2D eigenvalue weighted by Gasteiger charge is 2.55. The summed E-state index contributed by atoms with van der Waals surface area (Å²) in [5.41, 5.74) is 2.95. The quantitative estimate of drug-likeness (QED) is 0.206. The number of aromatic nitrogens is 3. The number of benzene rings is 2. The lowest BCUT2D eigenvalue weighted by molar-refractivity contribution is -0.274. The smallest absolute Gasteiger partial charge is 0.476 e. The van der Waals surface area contributed by atoms with E-state index in [4.69, 9.17) is 9.26 Å². The molecule has 3 aliphatic rings. The van der Waals surface area contributed by atoms with Gasteiger partial charge in [-0.1, -0.05) is 24.2 Å². The van der Waals surface area contributed by atoms with E-state index in [9.17, 15) is 23.1 Å². The Morgan fingerprint density at radius 1 is 1.16 bits per heavy atom. The van der Waals surface area contributed by atoms with Crippen LogP contribution in [0.1, 0.15) is 66.8 Å². The van der Waals surface area contributed by atoms with Crippen molar-refractivity contribution in [2.45, 2.75) is 70.1 Å². The van der Waals surface area contributed by atoms with Gasteiger partial charge in [0, 0.05) is 41.2 Å². The fourth-order valence-electron chi connectivity index (χ4n) is 7.01. The first-order valence-corrected chi connectivity index (χ1v) is 15.0. The van der Waals surface area contributed by atoms with Crippen LogP contribution < -0.4 is 10.1 Å². The topological polar surface area (TPSA) is 112 Å². The van der Waals surface area contributed by atoms with Gasteiger partial charge in [0.05, 0.1) is 18.2 Å². The average molecular weight is 611 g/mol. The number of aryl methyl sites for hydroxylation is 1. The molecule has 2 aromatic heterocycles. The number of nitrogens with one attached hydrogen (secondary N) is 1. The highest BCUT2D eigenvalue weighted by Crippen LogP contribution is 2.54. The van der Waals surface area contributed by atoms with Crippen molar-refractivity contribution in [3.05, 3.63) is 59.5 Å². The molecule has 2 N–H and O–H groups in total. The van der Waals surface area contributed by atoms with Gasteiger partial charge < -0.3 is 24.4 Å². The normalized spacial score (nSPS) is 25.0. The van der Waals surface area contributed by atoms with Crippen molar-refractivity contribution < 1.29 is 37.1 Å². The number of hydrogen-bond donors (Lipinski definition) is 2. The molecule has 2 heterocycles. The van der Waals surface area contributed by atoms with E-state index in [1.807, 2.05) is 12.1 Å². The van der Waals surface area contributed by atoms with Gasteiger partial charge in [0.25, 0.3) is 0 Å². The van der Waals surface area contributed by atoms with Crippen molar-refractivity contribution in [2.75, 3.05) is 5.32 Å². The minimum Gasteiger partial charge on any atom is -0.476 e. The van der Waals surface area contributed by atoms with Crippen molar-refractivity contribution in [2.24, 2.45) is 24.8 Å². The minimum atomic E-state index is -4.83. The van der Waals surface area contributed by atoms with Crippen LogP contribution in [0.2, 0.25) is 0 Å². The Bertz CT molecular complexity index is 1710. The third kappa shape index (κ3) is 5.51. The molecule has 0 saturated heterocycles. The summed E-state index contributed by atoms with van der Waals surface area (Å²) in [4.78, 5) is 11.6. The number of aromatic carboxylic acids is 1. The summed E-state index contributed by atoms with van der Waals surface area (Å²) in [6.07, 6.45) is 0.0459. The zero-order valence-corrected chi connectivity index (χ0v) is 24.3. The first-order valence-electron chi connectivity index (χ1n) is 15.0. The summed E-state index contributed by atoms with van der Waals surface area (Å²) in [6, 6.07) is 11.8. The molecule has 3 saturated carbocycles. The molecule has 7 rings (SSSR count). The molecule has 5 atom stereocenters. The van der Waals surface area contributed by atoms with Gasteiger partial charge in [0.1, 0.15) is 17.2 Å². The Morgan fingerprint density at radius 2 is 1.95 bits per heavy atom. The molecule has 4 aromatic rings. The van der Waals surface area contributed by atoms with E-state index in [2.05, 4.69) is 27.2 Å². The summed E-state index contributed by atoms with van der Waals surface area (Å²) >= 11 is 0. The molecular weight excluding hydrogens is 577 g/mol. The van der Waals surface area contributed by atoms with Crippen LogP contribution in [-0.2, 0) is 18.4 Å². The van der Waals surface area contributed by atoms with Gasteiger partial charge in [-0.25, -0.2) is 4.79 Å². The first-order chi connectivity index (χ1) is 21.1. The van der Waals surface area contributed by atoms with Gasteiger partial charge in [-0.05, 0) is 80.2 Å². The SMILES string of the molecule is CC1CCC(Nc2ccc3c(C(=O)O)nn(C)c3c2)CC2C1[C@H]2OCc1c(-c2ccccc2OC(F)(F)F)noc1C1CC1. The second-order valence-electron chi connectivity index (χ2n) is 12.3. The van der Waals surface area contributed by atoms with Crippen LogP contribution in [-0.4, -0.2) is 44.5 Å². The van der Waals surface area contributed by atoms with Crippen LogP contribution in [0.4, 0.5) is 18.9 Å². The van der Waals surface area contributed by atoms with Crippen LogP contribution in [0, 0.1) is 17.8 Å². The van der Waals surface area contributed by atoms with Crippen molar-refractivity contribution >= 4 is 22.6 Å². The average Bonchev–Trinajstić information content (AvgIpc) is 3.87. The molecule has 4 unspecified atom stereocenters. The van der Waals surface area contributed by atoms with E-state index in [1.165, 1.54) is 12.1 Å². The summed E-state index contributed by atoms with van der Waals surface area (Å²) < 4.78 is 57.6. The molecule has 0 spiro atoms. The molecule has 0 radical (unpaired) electrons. The third-order valence-electron chi connectivity index (χ3n) is 9.32. The number of anilines is 1. The minimum absolute atomic E-state index is 0.0313. The molecule has 9 nitrogen and oxygen atoms in total. The van der Waals surface area contributed by atoms with Crippen LogP contribution in [0.3, 0.4) is 0 Å². The molecule has 0 bridgehead atoms. The molecule has 3 fully saturated rings. The van der Waals surface area contributed by atoms with Gasteiger partial charge >= 0.3 is 12.3 Å². The predicted molar refractivity (Wildman–Crippen MR) is 154 cm³/mol. The fourth-order valence-corrected chi connectivity index (χ4v) is 7.01. The zero-order chi connectivity index (χ0) is 30.7. The number of halogens is 3. The molecule has 232 valence electrons. The summed E-state index contributed by atoms with van der Waals surface area (Å²) in [5.74, 6) is 0.713. The number of carbonyl (C=O) groups is 1. The number of ether oxygens (including phenoxy) is 2. The highest BCUT2D eigenvalue weighted by atomic mass is 19.4. The van der Waals surface area contributed by atoms with Crippen molar-refractivity contribution in [1.82, 2.24) is 14.9 Å². The van der Waals surface area contributed by atoms with E-state index >= 15 is 0 Å². The lowest BCUT2D eigenvalue weighted by Crippen LogP contribution is -2.21. The Labute approximate surface area is 251 Å². The van der Waals surface area contributed by atoms with Gasteiger partial charge in [0.2, 0.25) is 0 Å². The van der Waals surface area contributed by atoms with E-state index in [0.717, 1.165) is 43.3 Å². The zero-order valence-electron chi connectivity index (χ0n) is 24.3. The second kappa shape index (κ2) is 10.8. The third-order valence-corrected chi connectivity index (χ3v) is 9.32. The summed E-state index contributed by atoms with van der Waals surface area (Å²) in [5, 5.41) is 22.1. The molecule has 12 heteroatoms. The van der Waals surface area contributed by atoms with Crippen LogP contribution in [0.25, 0.3) is 22.2 Å². The lowest BCUT2D eigenvalue weighted by Gasteiger charge is -2.20. The number of hydrogen-bond acceptors (Lipinski definition) is 7. The van der Waals surface area contributed by atoms with Gasteiger partial charge in [-0.3, -0.25) is 4.68 Å². The molecule has 0 aliphatic heterocycles. The predicted octanol–water partition coefficient (Wildman–Crippen LogP) is 7.13. The number of para-hydroxylation sites is 1. The number of rotatable bonds is 9. The monoisotopic (exact) mass is 610 g/mol. The Balaban J connectivity index is 1.07. The maximum Gasteiger partial charge on any atom is 0.573 e. The number of carboxylic acids is 1. The Kier molecular flexibility index (Phi) is 7.06. The largest absolute Gasteiger partial charge is 0.573 e. The van der Waals surface area contributed by atoms with Crippen LogP contribution in [0.15, 0.2) is 47.0 Å². The maximum absolute atomic E-state index is 13.1. The Morgan fingerprint density at radius 3 is 2.70 bits per heavy atom. The summed E-state index contributed by atoms with van der Waals surface area (Å²) in [7, 11) is 1.74. The van der Waals surface area contributed by atoms with Gasteiger partial charge in [-0.15, -0.1) is 13.2 Å². The molecule has 3 aliphatic carbocycles. The van der Waals surface area contributed by atoms with Gasteiger partial charge in [0.15, 0.2) is 5.69 Å². The summed E-state index contributed by atoms with van der Waals surface area (Å²) in [6.45, 7) is 2.46. The van der Waals surface area contributed by atoms with Crippen LogP contribution in [0.5, 0.6) is 5.75 Å². The Hall–Kier alpha value is -4.06. The van der Waals surface area contributed by atoms with E-state index in [1.54, 1.807) is 29.9 Å². The molecule has 0 amide bonds. The van der Waals surface area contributed by atoms with E-state index < -0.39 is 12.3 Å². The fraction of sp³-hybridized carbons (Fsp3) is 0.469. The van der Waals surface area contributed by atoms with E-state index in [-0.39, 0.29) is 41.7 Å². The van der Waals surface area contributed by atoms with Gasteiger partial charge in [-0.2, -0.15) is 5.10 Å². The lowest BCUT2D eigenvalue weighted by atomic mass is 9.99. The number of carboxylic acid groups (broad SMARTS) is 1. The van der Waals surface area contributed by atoms with Crippen LogP contribution >= 0.6 is 0 Å².